The summed E-state index contributed by atoms with van der Waals surface area (Å²) in [6.07, 6.45) is 0. The number of methoxy groups -OCH3 is 2. The molecule has 0 atom stereocenters. The zero-order valence-corrected chi connectivity index (χ0v) is 8.74. The van der Waals surface area contributed by atoms with Gasteiger partial charge in [-0.2, -0.15) is 0 Å². The van der Waals surface area contributed by atoms with Gasteiger partial charge >= 0.3 is 0 Å². The van der Waals surface area contributed by atoms with Gasteiger partial charge in [0, 0.05) is 23.9 Å². The van der Waals surface area contributed by atoms with Gasteiger partial charge in [-0.05, 0) is 0 Å². The first-order chi connectivity index (χ1) is 7.19. The van der Waals surface area contributed by atoms with Gasteiger partial charge in [-0.25, -0.2) is 0 Å². The number of hydrogen-bond acceptors (Lipinski definition) is 4. The fourth-order valence-electron chi connectivity index (χ4n) is 1.09. The molecule has 0 bridgehead atoms. The minimum Gasteiger partial charge on any atom is -0.497 e. The lowest BCUT2D eigenvalue weighted by atomic mass is 10.2. The fraction of sp³-hybridized carbons (Fsp3) is 0.300. The van der Waals surface area contributed by atoms with Crippen LogP contribution in [0, 0.1) is 0 Å². The summed E-state index contributed by atoms with van der Waals surface area (Å²) in [6, 6.07) is 5.10. The number of amides is 1. The Labute approximate surface area is 88.2 Å². The van der Waals surface area contributed by atoms with Crippen LogP contribution < -0.4 is 20.5 Å². The van der Waals surface area contributed by atoms with Crippen molar-refractivity contribution in [1.29, 1.82) is 0 Å². The molecule has 0 heterocycles. The lowest BCUT2D eigenvalue weighted by molar-refractivity contribution is -0.114. The molecule has 1 rings (SSSR count). The Kier molecular flexibility index (Phi) is 3.93. The summed E-state index contributed by atoms with van der Waals surface area (Å²) in [5.41, 5.74) is 5.79. The maximum Gasteiger partial charge on any atom is 0.238 e. The standard InChI is InChI=1S/C10H14N2O3/c1-14-8-3-7(12-10(13)6-11)4-9(5-8)15-2/h3-5H,6,11H2,1-2H3,(H,12,13). The van der Waals surface area contributed by atoms with E-state index in [0.717, 1.165) is 0 Å². The van der Waals surface area contributed by atoms with E-state index in [2.05, 4.69) is 5.32 Å². The number of nitrogens with two attached hydrogens (primary N) is 1. The van der Waals surface area contributed by atoms with E-state index in [9.17, 15) is 4.79 Å². The number of nitrogens with one attached hydrogen (secondary N) is 1. The van der Waals surface area contributed by atoms with Crippen molar-refractivity contribution in [3.63, 3.8) is 0 Å². The van der Waals surface area contributed by atoms with Crippen LogP contribution in [0.3, 0.4) is 0 Å². The Hall–Kier alpha value is -1.75. The van der Waals surface area contributed by atoms with Crippen molar-refractivity contribution in [3.05, 3.63) is 18.2 Å². The lowest BCUT2D eigenvalue weighted by Crippen LogP contribution is -2.21. The van der Waals surface area contributed by atoms with Crippen LogP contribution in [-0.2, 0) is 4.79 Å². The third kappa shape index (κ3) is 3.14. The van der Waals surface area contributed by atoms with Crippen LogP contribution in [0.1, 0.15) is 0 Å². The number of carbonyl (C=O) groups excluding carboxylic acids is 1. The minimum atomic E-state index is -0.259. The molecule has 82 valence electrons. The molecule has 0 aliphatic heterocycles. The van der Waals surface area contributed by atoms with Crippen molar-refractivity contribution in [2.45, 2.75) is 0 Å². The Morgan fingerprint density at radius 2 is 1.80 bits per heavy atom. The zero-order valence-electron chi connectivity index (χ0n) is 8.74. The molecule has 0 radical (unpaired) electrons. The predicted molar refractivity (Wildman–Crippen MR) is 57.2 cm³/mol. The van der Waals surface area contributed by atoms with Gasteiger partial charge in [-0.3, -0.25) is 4.79 Å². The van der Waals surface area contributed by atoms with Crippen LogP contribution in [0.2, 0.25) is 0 Å². The maximum atomic E-state index is 11.1. The highest BCUT2D eigenvalue weighted by molar-refractivity contribution is 5.92. The van der Waals surface area contributed by atoms with Crippen molar-refractivity contribution in [1.82, 2.24) is 0 Å². The first kappa shape index (κ1) is 11.3. The second-order valence-electron chi connectivity index (χ2n) is 2.85. The summed E-state index contributed by atoms with van der Waals surface area (Å²) < 4.78 is 10.1. The average molecular weight is 210 g/mol. The molecule has 0 saturated heterocycles. The maximum absolute atomic E-state index is 11.1. The molecule has 5 nitrogen and oxygen atoms in total. The first-order valence-electron chi connectivity index (χ1n) is 4.42. The molecule has 0 spiro atoms. The van der Waals surface area contributed by atoms with Gasteiger partial charge in [0.1, 0.15) is 11.5 Å². The third-order valence-corrected chi connectivity index (χ3v) is 1.82. The molecule has 0 aliphatic carbocycles. The first-order valence-corrected chi connectivity index (χ1v) is 4.42. The lowest BCUT2D eigenvalue weighted by Gasteiger charge is -2.08. The summed E-state index contributed by atoms with van der Waals surface area (Å²) in [5.74, 6) is 0.966. The Morgan fingerprint density at radius 1 is 1.27 bits per heavy atom. The Balaban J connectivity index is 2.91. The topological polar surface area (TPSA) is 73.6 Å². The summed E-state index contributed by atoms with van der Waals surface area (Å²) >= 11 is 0. The van der Waals surface area contributed by atoms with Crippen molar-refractivity contribution >= 4 is 11.6 Å². The summed E-state index contributed by atoms with van der Waals surface area (Å²) in [7, 11) is 3.09. The summed E-state index contributed by atoms with van der Waals surface area (Å²) in [6.45, 7) is -0.0560. The Morgan fingerprint density at radius 3 is 2.20 bits per heavy atom. The Bertz CT molecular complexity index is 330. The van der Waals surface area contributed by atoms with E-state index in [1.807, 2.05) is 0 Å². The summed E-state index contributed by atoms with van der Waals surface area (Å²) in [4.78, 5) is 11.1. The van der Waals surface area contributed by atoms with Gasteiger partial charge in [0.25, 0.3) is 0 Å². The van der Waals surface area contributed by atoms with Gasteiger partial charge in [-0.1, -0.05) is 0 Å². The van der Waals surface area contributed by atoms with Crippen molar-refractivity contribution in [2.24, 2.45) is 5.73 Å². The molecule has 0 aromatic heterocycles. The largest absolute Gasteiger partial charge is 0.497 e. The van der Waals surface area contributed by atoms with E-state index >= 15 is 0 Å². The van der Waals surface area contributed by atoms with E-state index in [1.165, 1.54) is 0 Å². The van der Waals surface area contributed by atoms with Gasteiger partial charge in [0.15, 0.2) is 0 Å². The number of rotatable bonds is 4. The van der Waals surface area contributed by atoms with Crippen LogP contribution >= 0.6 is 0 Å². The molecule has 0 fully saturated rings. The molecule has 5 heteroatoms. The van der Waals surface area contributed by atoms with Gasteiger partial charge in [0.05, 0.1) is 20.8 Å². The quantitative estimate of drug-likeness (QED) is 0.763. The van der Waals surface area contributed by atoms with E-state index < -0.39 is 0 Å². The second-order valence-corrected chi connectivity index (χ2v) is 2.85. The zero-order chi connectivity index (χ0) is 11.3. The number of ether oxygens (including phenoxy) is 2. The minimum absolute atomic E-state index is 0.0560. The van der Waals surface area contributed by atoms with E-state index in [-0.39, 0.29) is 12.5 Å². The molecule has 1 aromatic rings. The van der Waals surface area contributed by atoms with Crippen molar-refractivity contribution in [3.8, 4) is 11.5 Å². The van der Waals surface area contributed by atoms with Crippen molar-refractivity contribution in [2.75, 3.05) is 26.1 Å². The second kappa shape index (κ2) is 5.21. The van der Waals surface area contributed by atoms with Gasteiger partial charge in [-0.15, -0.1) is 0 Å². The highest BCUT2D eigenvalue weighted by Crippen LogP contribution is 2.25. The molecular formula is C10H14N2O3. The van der Waals surface area contributed by atoms with Gasteiger partial charge in [0.2, 0.25) is 5.91 Å². The monoisotopic (exact) mass is 210 g/mol. The van der Waals surface area contributed by atoms with Crippen LogP contribution in [0.15, 0.2) is 18.2 Å². The molecule has 0 unspecified atom stereocenters. The van der Waals surface area contributed by atoms with Crippen LogP contribution in [0.4, 0.5) is 5.69 Å². The highest BCUT2D eigenvalue weighted by Gasteiger charge is 2.04. The molecular weight excluding hydrogens is 196 g/mol. The normalized spacial score (nSPS) is 9.53. The third-order valence-electron chi connectivity index (χ3n) is 1.82. The fourth-order valence-corrected chi connectivity index (χ4v) is 1.09. The average Bonchev–Trinajstić information content (AvgIpc) is 2.28. The predicted octanol–water partition coefficient (Wildman–Crippen LogP) is 0.601. The summed E-state index contributed by atoms with van der Waals surface area (Å²) in [5, 5.41) is 2.62. The van der Waals surface area contributed by atoms with Crippen LogP contribution in [0.25, 0.3) is 0 Å². The number of hydrogen-bond donors (Lipinski definition) is 2. The molecule has 1 amide bonds. The smallest absolute Gasteiger partial charge is 0.238 e. The highest BCUT2D eigenvalue weighted by atomic mass is 16.5. The van der Waals surface area contributed by atoms with Crippen LogP contribution in [0.5, 0.6) is 11.5 Å². The van der Waals surface area contributed by atoms with E-state index in [0.29, 0.717) is 17.2 Å². The van der Waals surface area contributed by atoms with Gasteiger partial charge < -0.3 is 20.5 Å². The molecule has 3 N–H and O–H groups in total. The van der Waals surface area contributed by atoms with E-state index in [4.69, 9.17) is 15.2 Å². The number of anilines is 1. The molecule has 0 saturated carbocycles. The SMILES string of the molecule is COc1cc(NC(=O)CN)cc(OC)c1. The van der Waals surface area contributed by atoms with Crippen LogP contribution in [-0.4, -0.2) is 26.7 Å². The number of carbonyl (C=O) groups is 1. The van der Waals surface area contributed by atoms with E-state index in [1.54, 1.807) is 32.4 Å². The molecule has 0 aliphatic rings. The molecule has 1 aromatic carbocycles. The molecule has 15 heavy (non-hydrogen) atoms. The van der Waals surface area contributed by atoms with Crippen molar-refractivity contribution < 1.29 is 14.3 Å². The number of benzene rings is 1.